The fourth-order valence-corrected chi connectivity index (χ4v) is 3.32. The number of hydrogen-bond acceptors (Lipinski definition) is 3. The first kappa shape index (κ1) is 18.9. The number of nitrogens with one attached hydrogen (secondary N) is 1. The number of ether oxygens (including phenoxy) is 1. The number of hydrogen-bond donors (Lipinski definition) is 1. The van der Waals surface area contributed by atoms with Gasteiger partial charge >= 0.3 is 0 Å². The average Bonchev–Trinajstić information content (AvgIpc) is 3.12. The zero-order valence-electron chi connectivity index (χ0n) is 15.4. The molecule has 2 fully saturated rings. The molecule has 1 amide bonds. The summed E-state index contributed by atoms with van der Waals surface area (Å²) in [6.07, 6.45) is 4.42. The number of amides is 1. The van der Waals surface area contributed by atoms with Crippen molar-refractivity contribution in [1.82, 2.24) is 10.2 Å². The smallest absolute Gasteiger partial charge is 0.251 e. The lowest BCUT2D eigenvalue weighted by Gasteiger charge is -2.23. The third-order valence-electron chi connectivity index (χ3n) is 4.71. The van der Waals surface area contributed by atoms with Crippen molar-refractivity contribution in [3.05, 3.63) is 34.9 Å². The van der Waals surface area contributed by atoms with Gasteiger partial charge in [-0.15, -0.1) is 0 Å². The van der Waals surface area contributed by atoms with Crippen LogP contribution in [0.15, 0.2) is 18.2 Å². The molecule has 4 nitrogen and oxygen atoms in total. The van der Waals surface area contributed by atoms with Crippen molar-refractivity contribution >= 4 is 5.91 Å². The van der Waals surface area contributed by atoms with Gasteiger partial charge in [-0.1, -0.05) is 26.0 Å². The van der Waals surface area contributed by atoms with Gasteiger partial charge < -0.3 is 10.1 Å². The Morgan fingerprint density at radius 1 is 1.21 bits per heavy atom. The zero-order chi connectivity index (χ0) is 17.4. The van der Waals surface area contributed by atoms with Gasteiger partial charge in [0.1, 0.15) is 0 Å². The maximum absolute atomic E-state index is 12.6. The number of aryl methyl sites for hydroxylation is 1. The molecule has 1 aromatic carbocycles. The van der Waals surface area contributed by atoms with Gasteiger partial charge in [0.15, 0.2) is 0 Å². The first-order valence-electron chi connectivity index (χ1n) is 9.43. The number of likely N-dealkylation sites (tertiary alicyclic amines) is 1. The van der Waals surface area contributed by atoms with Crippen LogP contribution in [0.25, 0.3) is 0 Å². The Kier molecular flexibility index (Phi) is 7.73. The predicted octanol–water partition coefficient (Wildman–Crippen LogP) is 3.53. The van der Waals surface area contributed by atoms with Crippen LogP contribution in [-0.4, -0.2) is 43.2 Å². The molecule has 24 heavy (non-hydrogen) atoms. The van der Waals surface area contributed by atoms with Crippen LogP contribution in [0, 0.1) is 6.92 Å². The molecule has 0 spiro atoms. The standard InChI is InChI=1S/C18H26N2O2.C2H6/c1-14-4-5-15(13-20-8-2-3-9-20)12-17(14)18(21)19-16-6-10-22-11-7-16;1-2/h4-5,12,16H,2-3,6-11,13H2,1H3,(H,19,21);1-2H3. The van der Waals surface area contributed by atoms with E-state index >= 15 is 0 Å². The van der Waals surface area contributed by atoms with E-state index in [4.69, 9.17) is 4.74 Å². The molecular weight excluding hydrogens is 300 g/mol. The van der Waals surface area contributed by atoms with E-state index < -0.39 is 0 Å². The lowest BCUT2D eigenvalue weighted by Crippen LogP contribution is -2.39. The number of carbonyl (C=O) groups excluding carboxylic acids is 1. The Labute approximate surface area is 146 Å². The van der Waals surface area contributed by atoms with Crippen LogP contribution in [0.5, 0.6) is 0 Å². The quantitative estimate of drug-likeness (QED) is 0.917. The number of carbonyl (C=O) groups is 1. The molecule has 0 atom stereocenters. The highest BCUT2D eigenvalue weighted by molar-refractivity contribution is 5.96. The summed E-state index contributed by atoms with van der Waals surface area (Å²) in [6, 6.07) is 6.55. The van der Waals surface area contributed by atoms with Gasteiger partial charge in [0.05, 0.1) is 0 Å². The van der Waals surface area contributed by atoms with E-state index in [1.165, 1.54) is 31.5 Å². The minimum atomic E-state index is 0.0627. The molecule has 2 saturated heterocycles. The fourth-order valence-electron chi connectivity index (χ4n) is 3.32. The molecule has 0 radical (unpaired) electrons. The van der Waals surface area contributed by atoms with Crippen molar-refractivity contribution in [2.75, 3.05) is 26.3 Å². The molecular formula is C20H32N2O2. The summed E-state index contributed by atoms with van der Waals surface area (Å²) in [6.45, 7) is 10.8. The van der Waals surface area contributed by atoms with E-state index in [0.29, 0.717) is 0 Å². The van der Waals surface area contributed by atoms with Crippen LogP contribution in [0.3, 0.4) is 0 Å². The van der Waals surface area contributed by atoms with Gasteiger partial charge in [0.25, 0.3) is 5.91 Å². The molecule has 1 N–H and O–H groups in total. The summed E-state index contributed by atoms with van der Waals surface area (Å²) in [5.74, 6) is 0.0627. The van der Waals surface area contributed by atoms with Gasteiger partial charge in [-0.25, -0.2) is 0 Å². The molecule has 0 unspecified atom stereocenters. The van der Waals surface area contributed by atoms with Crippen LogP contribution in [0.1, 0.15) is 61.0 Å². The lowest BCUT2D eigenvalue weighted by molar-refractivity contribution is 0.0696. The zero-order valence-corrected chi connectivity index (χ0v) is 15.4. The first-order valence-corrected chi connectivity index (χ1v) is 9.43. The highest BCUT2D eigenvalue weighted by Crippen LogP contribution is 2.17. The molecule has 0 aliphatic carbocycles. The molecule has 0 bridgehead atoms. The van der Waals surface area contributed by atoms with Crippen LogP contribution in [0.2, 0.25) is 0 Å². The second kappa shape index (κ2) is 9.80. The summed E-state index contributed by atoms with van der Waals surface area (Å²) in [5.41, 5.74) is 3.11. The number of nitrogens with zero attached hydrogens (tertiary/aromatic N) is 1. The second-order valence-electron chi connectivity index (χ2n) is 6.49. The molecule has 1 aromatic rings. The Bertz CT molecular complexity index is 518. The predicted molar refractivity (Wildman–Crippen MR) is 98.3 cm³/mol. The Balaban J connectivity index is 0.00000100. The van der Waals surface area contributed by atoms with E-state index in [0.717, 1.165) is 43.7 Å². The van der Waals surface area contributed by atoms with Crippen molar-refractivity contribution in [3.8, 4) is 0 Å². The van der Waals surface area contributed by atoms with E-state index in [2.05, 4.69) is 28.4 Å². The van der Waals surface area contributed by atoms with Gasteiger partial charge in [0, 0.05) is 31.4 Å². The van der Waals surface area contributed by atoms with E-state index in [1.807, 2.05) is 20.8 Å². The summed E-state index contributed by atoms with van der Waals surface area (Å²) in [5, 5.41) is 3.16. The lowest BCUT2D eigenvalue weighted by atomic mass is 10.0. The fraction of sp³-hybridized carbons (Fsp3) is 0.650. The molecule has 2 aliphatic rings. The summed E-state index contributed by atoms with van der Waals surface area (Å²) in [7, 11) is 0. The molecule has 0 aromatic heterocycles. The molecule has 2 heterocycles. The first-order chi connectivity index (χ1) is 11.7. The normalized spacial score (nSPS) is 18.8. The average molecular weight is 332 g/mol. The maximum atomic E-state index is 12.6. The largest absolute Gasteiger partial charge is 0.381 e. The van der Waals surface area contributed by atoms with Gasteiger partial charge in [-0.2, -0.15) is 0 Å². The van der Waals surface area contributed by atoms with Gasteiger partial charge in [-0.3, -0.25) is 9.69 Å². The molecule has 134 valence electrons. The Morgan fingerprint density at radius 3 is 2.54 bits per heavy atom. The highest BCUT2D eigenvalue weighted by Gasteiger charge is 2.19. The van der Waals surface area contributed by atoms with Crippen LogP contribution in [-0.2, 0) is 11.3 Å². The number of rotatable bonds is 4. The van der Waals surface area contributed by atoms with Crippen molar-refractivity contribution < 1.29 is 9.53 Å². The second-order valence-corrected chi connectivity index (χ2v) is 6.49. The summed E-state index contributed by atoms with van der Waals surface area (Å²) >= 11 is 0. The molecule has 0 saturated carbocycles. The summed E-state index contributed by atoms with van der Waals surface area (Å²) < 4.78 is 5.35. The Hall–Kier alpha value is -1.39. The molecule has 4 heteroatoms. The highest BCUT2D eigenvalue weighted by atomic mass is 16.5. The van der Waals surface area contributed by atoms with E-state index in [9.17, 15) is 4.79 Å². The van der Waals surface area contributed by atoms with E-state index in [1.54, 1.807) is 0 Å². The summed E-state index contributed by atoms with van der Waals surface area (Å²) in [4.78, 5) is 15.0. The van der Waals surface area contributed by atoms with Crippen molar-refractivity contribution in [2.45, 2.75) is 59.0 Å². The third-order valence-corrected chi connectivity index (χ3v) is 4.71. The van der Waals surface area contributed by atoms with Gasteiger partial charge in [-0.05, 0) is 62.9 Å². The molecule has 3 rings (SSSR count). The van der Waals surface area contributed by atoms with E-state index in [-0.39, 0.29) is 11.9 Å². The SMILES string of the molecule is CC.Cc1ccc(CN2CCCC2)cc1C(=O)NC1CCOCC1. The topological polar surface area (TPSA) is 41.6 Å². The van der Waals surface area contributed by atoms with Crippen LogP contribution in [0.4, 0.5) is 0 Å². The monoisotopic (exact) mass is 332 g/mol. The number of benzene rings is 1. The Morgan fingerprint density at radius 2 is 1.88 bits per heavy atom. The van der Waals surface area contributed by atoms with Gasteiger partial charge in [0.2, 0.25) is 0 Å². The minimum Gasteiger partial charge on any atom is -0.381 e. The van der Waals surface area contributed by atoms with Crippen molar-refractivity contribution in [2.24, 2.45) is 0 Å². The van der Waals surface area contributed by atoms with Crippen LogP contribution < -0.4 is 5.32 Å². The van der Waals surface area contributed by atoms with Crippen molar-refractivity contribution in [3.63, 3.8) is 0 Å². The molecule has 2 aliphatic heterocycles. The minimum absolute atomic E-state index is 0.0627. The third kappa shape index (κ3) is 5.32. The maximum Gasteiger partial charge on any atom is 0.251 e. The van der Waals surface area contributed by atoms with Crippen molar-refractivity contribution in [1.29, 1.82) is 0 Å². The van der Waals surface area contributed by atoms with Crippen LogP contribution >= 0.6 is 0 Å².